The molecule has 0 aliphatic heterocycles. The molecule has 0 aromatic heterocycles. The zero-order valence-electron chi connectivity index (χ0n) is 13.7. The van der Waals surface area contributed by atoms with Gasteiger partial charge >= 0.3 is 6.18 Å². The van der Waals surface area contributed by atoms with Crippen molar-refractivity contribution in [3.05, 3.63) is 35.1 Å². The molecule has 0 saturated carbocycles. The Labute approximate surface area is 156 Å². The quantitative estimate of drug-likeness (QED) is 0.294. The standard InChI is InChI=1S/C15H21F4N3O.HI/c1-4-20-14(22-10(2)9-23-3)21-8-11-5-6-12(16)7-13(11)15(17,18)19;/h5-7,10H,4,8-9H2,1-3H3,(H2,20,21,22);1H. The minimum atomic E-state index is -4.62. The van der Waals surface area contributed by atoms with E-state index in [0.717, 1.165) is 12.1 Å². The van der Waals surface area contributed by atoms with Gasteiger partial charge in [0.05, 0.1) is 18.7 Å². The van der Waals surface area contributed by atoms with Crippen LogP contribution < -0.4 is 10.6 Å². The van der Waals surface area contributed by atoms with E-state index >= 15 is 0 Å². The predicted octanol–water partition coefficient (Wildman–Crippen LogP) is 3.55. The number of hydrogen-bond donors (Lipinski definition) is 2. The Bertz CT molecular complexity index is 538. The van der Waals surface area contributed by atoms with Crippen molar-refractivity contribution >= 4 is 29.9 Å². The van der Waals surface area contributed by atoms with Gasteiger partial charge in [0.1, 0.15) is 5.82 Å². The van der Waals surface area contributed by atoms with Crippen LogP contribution in [0.5, 0.6) is 0 Å². The van der Waals surface area contributed by atoms with Gasteiger partial charge in [-0.05, 0) is 31.5 Å². The third-order valence-corrected chi connectivity index (χ3v) is 2.93. The van der Waals surface area contributed by atoms with E-state index in [0.29, 0.717) is 25.2 Å². The smallest absolute Gasteiger partial charge is 0.383 e. The SMILES string of the molecule is CCNC(=NCc1ccc(F)cc1C(F)(F)F)NC(C)COC.I. The number of nitrogens with one attached hydrogen (secondary N) is 2. The van der Waals surface area contributed by atoms with E-state index in [1.165, 1.54) is 0 Å². The van der Waals surface area contributed by atoms with Crippen molar-refractivity contribution in [2.75, 3.05) is 20.3 Å². The molecule has 0 aliphatic carbocycles. The first-order valence-corrected chi connectivity index (χ1v) is 7.17. The van der Waals surface area contributed by atoms with Gasteiger partial charge in [-0.3, -0.25) is 0 Å². The maximum Gasteiger partial charge on any atom is 0.416 e. The van der Waals surface area contributed by atoms with Crippen molar-refractivity contribution in [3.63, 3.8) is 0 Å². The molecule has 0 heterocycles. The minimum Gasteiger partial charge on any atom is -0.383 e. The van der Waals surface area contributed by atoms with Crippen LogP contribution in [0.4, 0.5) is 17.6 Å². The second kappa shape index (κ2) is 10.7. The van der Waals surface area contributed by atoms with Crippen molar-refractivity contribution < 1.29 is 22.3 Å². The summed E-state index contributed by atoms with van der Waals surface area (Å²) in [6.07, 6.45) is -4.62. The van der Waals surface area contributed by atoms with E-state index in [4.69, 9.17) is 4.74 Å². The highest BCUT2D eigenvalue weighted by Gasteiger charge is 2.33. The zero-order valence-corrected chi connectivity index (χ0v) is 16.0. The van der Waals surface area contributed by atoms with Gasteiger partial charge in [-0.15, -0.1) is 24.0 Å². The number of ether oxygens (including phenoxy) is 1. The number of alkyl halides is 3. The van der Waals surface area contributed by atoms with E-state index in [1.54, 1.807) is 7.11 Å². The number of methoxy groups -OCH3 is 1. The maximum absolute atomic E-state index is 13.1. The Morgan fingerprint density at radius 3 is 2.54 bits per heavy atom. The van der Waals surface area contributed by atoms with Crippen LogP contribution in [-0.4, -0.2) is 32.3 Å². The molecule has 0 aliphatic rings. The van der Waals surface area contributed by atoms with Gasteiger partial charge in [0, 0.05) is 19.7 Å². The van der Waals surface area contributed by atoms with Gasteiger partial charge in [-0.2, -0.15) is 13.2 Å². The summed E-state index contributed by atoms with van der Waals surface area (Å²) in [4.78, 5) is 4.13. The summed E-state index contributed by atoms with van der Waals surface area (Å²) < 4.78 is 56.9. The van der Waals surface area contributed by atoms with Gasteiger partial charge in [-0.25, -0.2) is 9.38 Å². The lowest BCUT2D eigenvalue weighted by Crippen LogP contribution is -2.43. The number of aliphatic imine (C=N–C) groups is 1. The first-order chi connectivity index (χ1) is 10.8. The zero-order chi connectivity index (χ0) is 17.5. The summed E-state index contributed by atoms with van der Waals surface area (Å²) in [7, 11) is 1.55. The Morgan fingerprint density at radius 1 is 1.33 bits per heavy atom. The van der Waals surface area contributed by atoms with E-state index in [-0.39, 0.29) is 42.1 Å². The largest absolute Gasteiger partial charge is 0.416 e. The molecule has 0 saturated heterocycles. The maximum atomic E-state index is 13.1. The Kier molecular flexibility index (Phi) is 10.2. The molecule has 1 rings (SSSR count). The van der Waals surface area contributed by atoms with E-state index < -0.39 is 17.6 Å². The van der Waals surface area contributed by atoms with Crippen molar-refractivity contribution in [1.82, 2.24) is 10.6 Å². The molecule has 4 nitrogen and oxygen atoms in total. The number of rotatable bonds is 6. The highest BCUT2D eigenvalue weighted by atomic mass is 127. The molecule has 1 aromatic rings. The molecule has 0 spiro atoms. The van der Waals surface area contributed by atoms with Crippen LogP contribution in [0.2, 0.25) is 0 Å². The first kappa shape index (κ1) is 22.9. The second-order valence-corrected chi connectivity index (χ2v) is 5.00. The van der Waals surface area contributed by atoms with Crippen molar-refractivity contribution in [1.29, 1.82) is 0 Å². The summed E-state index contributed by atoms with van der Waals surface area (Å²) in [6.45, 7) is 4.46. The van der Waals surface area contributed by atoms with Gasteiger partial charge in [0.25, 0.3) is 0 Å². The molecule has 1 unspecified atom stereocenters. The number of halogens is 5. The topological polar surface area (TPSA) is 45.7 Å². The fourth-order valence-electron chi connectivity index (χ4n) is 1.96. The predicted molar refractivity (Wildman–Crippen MR) is 96.1 cm³/mol. The van der Waals surface area contributed by atoms with Crippen molar-refractivity contribution in [2.24, 2.45) is 4.99 Å². The van der Waals surface area contributed by atoms with Gasteiger partial charge in [0.15, 0.2) is 5.96 Å². The highest BCUT2D eigenvalue weighted by molar-refractivity contribution is 14.0. The Balaban J connectivity index is 0.00000529. The van der Waals surface area contributed by atoms with Crippen LogP contribution in [0.1, 0.15) is 25.0 Å². The van der Waals surface area contributed by atoms with Gasteiger partial charge < -0.3 is 15.4 Å². The fourth-order valence-corrected chi connectivity index (χ4v) is 1.96. The minimum absolute atomic E-state index is 0. The lowest BCUT2D eigenvalue weighted by molar-refractivity contribution is -0.138. The van der Waals surface area contributed by atoms with E-state index in [9.17, 15) is 17.6 Å². The van der Waals surface area contributed by atoms with Crippen LogP contribution in [0, 0.1) is 5.82 Å². The van der Waals surface area contributed by atoms with E-state index in [1.807, 2.05) is 13.8 Å². The summed E-state index contributed by atoms with van der Waals surface area (Å²) >= 11 is 0. The van der Waals surface area contributed by atoms with E-state index in [2.05, 4.69) is 15.6 Å². The number of nitrogens with zero attached hydrogens (tertiary/aromatic N) is 1. The molecular weight excluding hydrogens is 441 g/mol. The molecule has 0 radical (unpaired) electrons. The average molecular weight is 463 g/mol. The van der Waals surface area contributed by atoms with Crippen LogP contribution in [-0.2, 0) is 17.5 Å². The second-order valence-electron chi connectivity index (χ2n) is 5.00. The molecule has 138 valence electrons. The number of hydrogen-bond acceptors (Lipinski definition) is 2. The Morgan fingerprint density at radius 2 is 2.00 bits per heavy atom. The summed E-state index contributed by atoms with van der Waals surface area (Å²) in [6, 6.07) is 2.52. The van der Waals surface area contributed by atoms with Crippen LogP contribution in [0.15, 0.2) is 23.2 Å². The third kappa shape index (κ3) is 7.65. The van der Waals surface area contributed by atoms with Crippen LogP contribution in [0.3, 0.4) is 0 Å². The molecule has 2 N–H and O–H groups in total. The van der Waals surface area contributed by atoms with Gasteiger partial charge in [0.2, 0.25) is 0 Å². The fraction of sp³-hybridized carbons (Fsp3) is 0.533. The van der Waals surface area contributed by atoms with Crippen LogP contribution >= 0.6 is 24.0 Å². The first-order valence-electron chi connectivity index (χ1n) is 7.17. The molecule has 0 fully saturated rings. The molecule has 9 heteroatoms. The lowest BCUT2D eigenvalue weighted by Gasteiger charge is -2.17. The average Bonchev–Trinajstić information content (AvgIpc) is 2.45. The van der Waals surface area contributed by atoms with Crippen molar-refractivity contribution in [2.45, 2.75) is 32.6 Å². The molecule has 1 aromatic carbocycles. The monoisotopic (exact) mass is 463 g/mol. The molecule has 0 amide bonds. The summed E-state index contributed by atoms with van der Waals surface area (Å²) in [5.74, 6) is -0.557. The van der Waals surface area contributed by atoms with Crippen LogP contribution in [0.25, 0.3) is 0 Å². The number of guanidine groups is 1. The number of benzene rings is 1. The van der Waals surface area contributed by atoms with Gasteiger partial charge in [-0.1, -0.05) is 6.07 Å². The normalized spacial score (nSPS) is 13.2. The highest BCUT2D eigenvalue weighted by Crippen LogP contribution is 2.32. The molecule has 0 bridgehead atoms. The molecule has 24 heavy (non-hydrogen) atoms. The molecular formula is C15H22F4IN3O. The third-order valence-electron chi connectivity index (χ3n) is 2.93. The lowest BCUT2D eigenvalue weighted by atomic mass is 10.1. The Hall–Kier alpha value is -1.10. The summed E-state index contributed by atoms with van der Waals surface area (Å²) in [5.41, 5.74) is -1.10. The summed E-state index contributed by atoms with van der Waals surface area (Å²) in [5, 5.41) is 5.96. The molecule has 1 atom stereocenters. The van der Waals surface area contributed by atoms with Crippen molar-refractivity contribution in [3.8, 4) is 0 Å².